The molecule has 0 spiro atoms. The van der Waals surface area contributed by atoms with Gasteiger partial charge < -0.3 is 4.74 Å². The quantitative estimate of drug-likeness (QED) is 0.845. The minimum Gasteiger partial charge on any atom is -0.477 e. The molecule has 1 heterocycles. The zero-order chi connectivity index (χ0) is 14.6. The van der Waals surface area contributed by atoms with E-state index in [2.05, 4.69) is 9.97 Å². The molecule has 112 valence electrons. The monoisotopic (exact) mass is 288 g/mol. The van der Waals surface area contributed by atoms with Crippen molar-refractivity contribution in [1.82, 2.24) is 9.97 Å². The molecule has 0 saturated heterocycles. The smallest absolute Gasteiger partial charge is 0.391 e. The van der Waals surface area contributed by atoms with Gasteiger partial charge in [-0.25, -0.2) is 9.97 Å². The van der Waals surface area contributed by atoms with Crippen LogP contribution in [-0.4, -0.2) is 22.8 Å². The molecule has 1 fully saturated rings. The molecule has 0 unspecified atom stereocenters. The van der Waals surface area contributed by atoms with Crippen LogP contribution in [-0.2, 0) is 6.42 Å². The number of halogens is 3. The highest BCUT2D eigenvalue weighted by molar-refractivity contribution is 5.13. The summed E-state index contributed by atoms with van der Waals surface area (Å²) in [5.41, 5.74) is 0.899. The molecule has 0 atom stereocenters. The lowest BCUT2D eigenvalue weighted by molar-refractivity contribution is -0.184. The Kier molecular flexibility index (Phi) is 4.83. The predicted molar refractivity (Wildman–Crippen MR) is 68.4 cm³/mol. The molecule has 0 N–H and O–H groups in total. The first kappa shape index (κ1) is 15.1. The molecule has 6 heteroatoms. The van der Waals surface area contributed by atoms with Gasteiger partial charge in [0.05, 0.1) is 12.5 Å². The van der Waals surface area contributed by atoms with Gasteiger partial charge in [0.15, 0.2) is 0 Å². The Morgan fingerprint density at radius 3 is 2.50 bits per heavy atom. The van der Waals surface area contributed by atoms with E-state index in [1.165, 1.54) is 6.33 Å². The lowest BCUT2D eigenvalue weighted by atomic mass is 9.82. The van der Waals surface area contributed by atoms with E-state index in [4.69, 9.17) is 4.74 Å². The van der Waals surface area contributed by atoms with Gasteiger partial charge in [0.25, 0.3) is 0 Å². The molecule has 1 aromatic rings. The van der Waals surface area contributed by atoms with Crippen molar-refractivity contribution in [3.05, 3.63) is 18.1 Å². The van der Waals surface area contributed by atoms with Gasteiger partial charge in [-0.2, -0.15) is 13.2 Å². The molecule has 3 nitrogen and oxygen atoms in total. The second-order valence-corrected chi connectivity index (χ2v) is 5.27. The summed E-state index contributed by atoms with van der Waals surface area (Å²) < 4.78 is 43.2. The zero-order valence-corrected chi connectivity index (χ0v) is 11.5. The Labute approximate surface area is 116 Å². The Balaban J connectivity index is 1.78. The Hall–Kier alpha value is -1.33. The minimum absolute atomic E-state index is 0.189. The van der Waals surface area contributed by atoms with Crippen LogP contribution in [0.3, 0.4) is 0 Å². The average Bonchev–Trinajstić information content (AvgIpc) is 2.45. The van der Waals surface area contributed by atoms with Crippen molar-refractivity contribution in [2.45, 2.75) is 45.2 Å². The van der Waals surface area contributed by atoms with Crippen LogP contribution >= 0.6 is 0 Å². The highest BCUT2D eigenvalue weighted by Gasteiger charge is 2.41. The fraction of sp³-hybridized carbons (Fsp3) is 0.714. The summed E-state index contributed by atoms with van der Waals surface area (Å²) in [4.78, 5) is 8.09. The number of hydrogen-bond donors (Lipinski definition) is 0. The van der Waals surface area contributed by atoms with E-state index < -0.39 is 12.1 Å². The number of hydrogen-bond acceptors (Lipinski definition) is 3. The summed E-state index contributed by atoms with van der Waals surface area (Å²) in [5, 5.41) is 0. The number of nitrogens with zero attached hydrogens (tertiary/aromatic N) is 2. The van der Waals surface area contributed by atoms with Gasteiger partial charge in [-0.1, -0.05) is 6.92 Å². The molecule has 0 aromatic carbocycles. The van der Waals surface area contributed by atoms with Gasteiger partial charge in [0, 0.05) is 11.8 Å². The maximum absolute atomic E-state index is 12.6. The van der Waals surface area contributed by atoms with Crippen molar-refractivity contribution in [2.24, 2.45) is 11.8 Å². The third-order valence-electron chi connectivity index (χ3n) is 3.84. The summed E-state index contributed by atoms with van der Waals surface area (Å²) in [6, 6.07) is 1.78. The second-order valence-electron chi connectivity index (χ2n) is 5.27. The van der Waals surface area contributed by atoms with Crippen molar-refractivity contribution in [2.75, 3.05) is 6.61 Å². The molecule has 1 aliphatic rings. The Morgan fingerprint density at radius 1 is 1.20 bits per heavy atom. The van der Waals surface area contributed by atoms with Crippen LogP contribution in [0.4, 0.5) is 13.2 Å². The van der Waals surface area contributed by atoms with Crippen LogP contribution < -0.4 is 4.74 Å². The number of rotatable bonds is 4. The molecular weight excluding hydrogens is 269 g/mol. The standard InChI is InChI=1S/C14H19F3N2O/c1-2-12-7-13(19-9-18-12)20-8-10-3-5-11(6-4-10)14(15,16)17/h7,9-11H,2-6,8H2,1H3. The van der Waals surface area contributed by atoms with Crippen LogP contribution in [0.15, 0.2) is 12.4 Å². The Bertz CT molecular complexity index is 429. The molecule has 0 bridgehead atoms. The molecule has 20 heavy (non-hydrogen) atoms. The van der Waals surface area contributed by atoms with Crippen LogP contribution in [0.1, 0.15) is 38.3 Å². The molecule has 0 aliphatic heterocycles. The summed E-state index contributed by atoms with van der Waals surface area (Å²) in [7, 11) is 0. The predicted octanol–water partition coefficient (Wildman–Crippen LogP) is 3.79. The fourth-order valence-electron chi connectivity index (χ4n) is 2.51. The third-order valence-corrected chi connectivity index (χ3v) is 3.84. The largest absolute Gasteiger partial charge is 0.477 e. The summed E-state index contributed by atoms with van der Waals surface area (Å²) >= 11 is 0. The summed E-state index contributed by atoms with van der Waals surface area (Å²) in [6.45, 7) is 2.43. The van der Waals surface area contributed by atoms with Crippen molar-refractivity contribution < 1.29 is 17.9 Å². The zero-order valence-electron chi connectivity index (χ0n) is 11.5. The van der Waals surface area contributed by atoms with Crippen LogP contribution in [0.5, 0.6) is 5.88 Å². The first-order valence-corrected chi connectivity index (χ1v) is 6.99. The normalized spacial score (nSPS) is 23.6. The number of ether oxygens (including phenoxy) is 1. The van der Waals surface area contributed by atoms with Gasteiger partial charge in [-0.05, 0) is 38.0 Å². The van der Waals surface area contributed by atoms with E-state index in [0.717, 1.165) is 12.1 Å². The van der Waals surface area contributed by atoms with Crippen molar-refractivity contribution in [1.29, 1.82) is 0 Å². The molecular formula is C14H19F3N2O. The highest BCUT2D eigenvalue weighted by Crippen LogP contribution is 2.39. The van der Waals surface area contributed by atoms with E-state index in [-0.39, 0.29) is 18.8 Å². The van der Waals surface area contributed by atoms with E-state index in [0.29, 0.717) is 25.3 Å². The van der Waals surface area contributed by atoms with Gasteiger partial charge in [-0.3, -0.25) is 0 Å². The van der Waals surface area contributed by atoms with E-state index in [9.17, 15) is 13.2 Å². The van der Waals surface area contributed by atoms with Gasteiger partial charge in [-0.15, -0.1) is 0 Å². The molecule has 1 saturated carbocycles. The number of aromatic nitrogens is 2. The number of alkyl halides is 3. The molecule has 0 amide bonds. The van der Waals surface area contributed by atoms with E-state index in [1.54, 1.807) is 6.07 Å². The lowest BCUT2D eigenvalue weighted by Crippen LogP contribution is -2.29. The first-order chi connectivity index (χ1) is 9.49. The molecule has 1 aromatic heterocycles. The first-order valence-electron chi connectivity index (χ1n) is 6.99. The SMILES string of the molecule is CCc1cc(OCC2CCC(C(F)(F)F)CC2)ncn1. The minimum atomic E-state index is -4.05. The van der Waals surface area contributed by atoms with E-state index in [1.807, 2.05) is 6.92 Å². The third kappa shape index (κ3) is 4.08. The van der Waals surface area contributed by atoms with Gasteiger partial charge in [0.1, 0.15) is 6.33 Å². The fourth-order valence-corrected chi connectivity index (χ4v) is 2.51. The number of aryl methyl sites for hydroxylation is 1. The van der Waals surface area contributed by atoms with Crippen molar-refractivity contribution >= 4 is 0 Å². The Morgan fingerprint density at radius 2 is 1.90 bits per heavy atom. The molecule has 2 rings (SSSR count). The topological polar surface area (TPSA) is 35.0 Å². The van der Waals surface area contributed by atoms with Gasteiger partial charge >= 0.3 is 6.18 Å². The second kappa shape index (κ2) is 6.41. The van der Waals surface area contributed by atoms with Crippen LogP contribution in [0, 0.1) is 11.8 Å². The summed E-state index contributed by atoms with van der Waals surface area (Å²) in [5.74, 6) is -0.437. The summed E-state index contributed by atoms with van der Waals surface area (Å²) in [6.07, 6.45) is -0.242. The van der Waals surface area contributed by atoms with E-state index >= 15 is 0 Å². The lowest BCUT2D eigenvalue weighted by Gasteiger charge is -2.29. The maximum Gasteiger partial charge on any atom is 0.391 e. The highest BCUT2D eigenvalue weighted by atomic mass is 19.4. The van der Waals surface area contributed by atoms with Crippen LogP contribution in [0.25, 0.3) is 0 Å². The van der Waals surface area contributed by atoms with Crippen molar-refractivity contribution in [3.8, 4) is 5.88 Å². The van der Waals surface area contributed by atoms with Crippen LogP contribution in [0.2, 0.25) is 0 Å². The van der Waals surface area contributed by atoms with Crippen molar-refractivity contribution in [3.63, 3.8) is 0 Å². The average molecular weight is 288 g/mol. The maximum atomic E-state index is 12.6. The molecule has 0 radical (unpaired) electrons. The molecule has 1 aliphatic carbocycles. The van der Waals surface area contributed by atoms with Gasteiger partial charge in [0.2, 0.25) is 5.88 Å².